The molecule has 0 heterocycles. The lowest BCUT2D eigenvalue weighted by Crippen LogP contribution is -2.13. The number of halogens is 3. The van der Waals surface area contributed by atoms with Crippen LogP contribution in [-0.2, 0) is 11.4 Å². The van der Waals surface area contributed by atoms with E-state index in [1.54, 1.807) is 24.3 Å². The number of non-ortho nitro benzene ring substituents is 1. The van der Waals surface area contributed by atoms with E-state index < -0.39 is 10.8 Å². The third kappa shape index (κ3) is 6.24. The maximum Gasteiger partial charge on any atom is 0.271 e. The number of nitro benzene ring substituents is 1. The van der Waals surface area contributed by atoms with Crippen LogP contribution in [0.15, 0.2) is 66.2 Å². The summed E-state index contributed by atoms with van der Waals surface area (Å²) in [6, 6.07) is 17.2. The van der Waals surface area contributed by atoms with Crippen LogP contribution >= 0.6 is 34.8 Å². The van der Waals surface area contributed by atoms with E-state index in [4.69, 9.17) is 39.5 Å². The Hall–Kier alpha value is -3.57. The molecule has 33 heavy (non-hydrogen) atoms. The van der Waals surface area contributed by atoms with E-state index in [1.165, 1.54) is 42.5 Å². The predicted octanol–water partition coefficient (Wildman–Crippen LogP) is 6.68. The summed E-state index contributed by atoms with van der Waals surface area (Å²) in [6.07, 6.45) is 1.27. The van der Waals surface area contributed by atoms with Crippen LogP contribution in [0.2, 0.25) is 15.1 Å². The van der Waals surface area contributed by atoms with E-state index >= 15 is 0 Å². The van der Waals surface area contributed by atoms with Crippen molar-refractivity contribution in [3.05, 3.63) is 103 Å². The molecule has 3 aromatic rings. The summed E-state index contributed by atoms with van der Waals surface area (Å²) < 4.78 is 5.84. The molecule has 0 saturated heterocycles. The van der Waals surface area contributed by atoms with Crippen LogP contribution in [0.1, 0.15) is 11.1 Å². The number of nitrogens with zero attached hydrogens (tertiary/aromatic N) is 2. The normalized spacial score (nSPS) is 10.9. The minimum atomic E-state index is -0.772. The summed E-state index contributed by atoms with van der Waals surface area (Å²) in [7, 11) is 0. The van der Waals surface area contributed by atoms with Crippen molar-refractivity contribution in [2.24, 2.45) is 0 Å². The zero-order valence-corrected chi connectivity index (χ0v) is 19.0. The number of anilines is 1. The van der Waals surface area contributed by atoms with Crippen LogP contribution in [0, 0.1) is 21.4 Å². The summed E-state index contributed by atoms with van der Waals surface area (Å²) in [6.45, 7) is 0.0869. The lowest BCUT2D eigenvalue weighted by molar-refractivity contribution is -0.384. The second-order valence-electron chi connectivity index (χ2n) is 6.62. The number of rotatable bonds is 7. The van der Waals surface area contributed by atoms with E-state index in [1.807, 2.05) is 6.07 Å². The number of ether oxygens (including phenoxy) is 1. The number of amides is 1. The zero-order chi connectivity index (χ0) is 24.0. The lowest BCUT2D eigenvalue weighted by Gasteiger charge is -2.13. The van der Waals surface area contributed by atoms with Gasteiger partial charge in [-0.15, -0.1) is 0 Å². The highest BCUT2D eigenvalue weighted by atomic mass is 35.5. The maximum absolute atomic E-state index is 12.6. The lowest BCUT2D eigenvalue weighted by atomic mass is 10.1. The average Bonchev–Trinajstić information content (AvgIpc) is 2.77. The molecule has 0 aliphatic heterocycles. The first kappa shape index (κ1) is 24.1. The van der Waals surface area contributed by atoms with Gasteiger partial charge >= 0.3 is 0 Å². The smallest absolute Gasteiger partial charge is 0.271 e. The van der Waals surface area contributed by atoms with Gasteiger partial charge in [0.25, 0.3) is 11.6 Å². The van der Waals surface area contributed by atoms with Crippen molar-refractivity contribution in [3.63, 3.8) is 0 Å². The summed E-state index contributed by atoms with van der Waals surface area (Å²) >= 11 is 18.6. The van der Waals surface area contributed by atoms with Crippen LogP contribution < -0.4 is 10.1 Å². The first-order valence-corrected chi connectivity index (χ1v) is 10.4. The van der Waals surface area contributed by atoms with Gasteiger partial charge in [0, 0.05) is 39.0 Å². The molecule has 0 saturated carbocycles. The molecular formula is C23H14Cl3N3O4. The fourth-order valence-corrected chi connectivity index (χ4v) is 3.56. The van der Waals surface area contributed by atoms with Crippen molar-refractivity contribution >= 4 is 58.2 Å². The number of carbonyl (C=O) groups excluding carboxylic acids is 1. The van der Waals surface area contributed by atoms with Crippen LogP contribution in [0.4, 0.5) is 11.4 Å². The highest BCUT2D eigenvalue weighted by molar-refractivity contribution is 6.36. The van der Waals surface area contributed by atoms with Crippen molar-refractivity contribution < 1.29 is 14.5 Å². The molecule has 0 bridgehead atoms. The van der Waals surface area contributed by atoms with E-state index in [2.05, 4.69) is 5.32 Å². The summed E-state index contributed by atoms with van der Waals surface area (Å²) in [5.74, 6) is -0.567. The highest BCUT2D eigenvalue weighted by Gasteiger charge is 2.16. The molecule has 0 aromatic heterocycles. The number of hydrogen-bond acceptors (Lipinski definition) is 5. The molecule has 1 N–H and O–H groups in total. The summed E-state index contributed by atoms with van der Waals surface area (Å²) in [4.78, 5) is 23.0. The van der Waals surface area contributed by atoms with Gasteiger partial charge in [-0.3, -0.25) is 14.9 Å². The number of carbonyl (C=O) groups is 1. The fraction of sp³-hybridized carbons (Fsp3) is 0.0435. The molecular weight excluding hydrogens is 489 g/mol. The fourth-order valence-electron chi connectivity index (χ4n) is 2.80. The molecule has 0 unspecified atom stereocenters. The number of nitriles is 1. The molecule has 0 fully saturated rings. The molecule has 0 aliphatic rings. The largest absolute Gasteiger partial charge is 0.487 e. The predicted molar refractivity (Wildman–Crippen MR) is 128 cm³/mol. The Morgan fingerprint density at radius 3 is 2.55 bits per heavy atom. The van der Waals surface area contributed by atoms with Gasteiger partial charge in [0.1, 0.15) is 24.0 Å². The van der Waals surface area contributed by atoms with Crippen LogP contribution in [-0.4, -0.2) is 10.8 Å². The second-order valence-corrected chi connectivity index (χ2v) is 7.87. The molecule has 0 radical (unpaired) electrons. The number of benzene rings is 3. The Kier molecular flexibility index (Phi) is 7.91. The Morgan fingerprint density at radius 1 is 1.09 bits per heavy atom. The van der Waals surface area contributed by atoms with Gasteiger partial charge < -0.3 is 10.1 Å². The molecule has 10 heteroatoms. The standard InChI is InChI=1S/C23H14Cl3N3O4/c24-17-9-15(22(21(26)10-17)33-13-14-4-1-2-7-20(14)25)8-16(12-27)23(30)28-18-5-3-6-19(11-18)29(31)32/h1-11H,13H2,(H,28,30)/b16-8+. The molecule has 3 rings (SSSR count). The van der Waals surface area contributed by atoms with Gasteiger partial charge in [0.2, 0.25) is 0 Å². The topological polar surface area (TPSA) is 105 Å². The van der Waals surface area contributed by atoms with Gasteiger partial charge in [-0.2, -0.15) is 5.26 Å². The Bertz CT molecular complexity index is 1300. The Balaban J connectivity index is 1.90. The van der Waals surface area contributed by atoms with Gasteiger partial charge in [-0.1, -0.05) is 59.1 Å². The van der Waals surface area contributed by atoms with Crippen LogP contribution in [0.5, 0.6) is 5.75 Å². The quantitative estimate of drug-likeness (QED) is 0.168. The van der Waals surface area contributed by atoms with Crippen LogP contribution in [0.3, 0.4) is 0 Å². The van der Waals surface area contributed by atoms with E-state index in [-0.39, 0.29) is 39.3 Å². The number of nitro groups is 1. The molecule has 0 spiro atoms. The van der Waals surface area contributed by atoms with Crippen molar-refractivity contribution in [3.8, 4) is 11.8 Å². The van der Waals surface area contributed by atoms with Gasteiger partial charge in [0.15, 0.2) is 0 Å². The van der Waals surface area contributed by atoms with Crippen molar-refractivity contribution in [1.29, 1.82) is 5.26 Å². The van der Waals surface area contributed by atoms with E-state index in [0.29, 0.717) is 16.1 Å². The van der Waals surface area contributed by atoms with E-state index in [9.17, 15) is 20.2 Å². The van der Waals surface area contributed by atoms with Gasteiger partial charge in [0.05, 0.1) is 9.95 Å². The summed E-state index contributed by atoms with van der Waals surface area (Å²) in [5.41, 5.74) is 0.679. The second kappa shape index (κ2) is 10.8. The molecule has 166 valence electrons. The highest BCUT2D eigenvalue weighted by Crippen LogP contribution is 2.35. The first-order chi connectivity index (χ1) is 15.8. The average molecular weight is 503 g/mol. The number of nitrogens with one attached hydrogen (secondary N) is 1. The number of hydrogen-bond donors (Lipinski definition) is 1. The third-order valence-corrected chi connectivity index (χ3v) is 5.21. The maximum atomic E-state index is 12.6. The van der Waals surface area contributed by atoms with Crippen LogP contribution in [0.25, 0.3) is 6.08 Å². The van der Waals surface area contributed by atoms with Crippen molar-refractivity contribution in [2.75, 3.05) is 5.32 Å². The van der Waals surface area contributed by atoms with E-state index in [0.717, 1.165) is 0 Å². The molecule has 7 nitrogen and oxygen atoms in total. The molecule has 1 amide bonds. The molecule has 3 aromatic carbocycles. The summed E-state index contributed by atoms with van der Waals surface area (Å²) in [5, 5.41) is 23.9. The van der Waals surface area contributed by atoms with Gasteiger partial charge in [-0.05, 0) is 30.3 Å². The zero-order valence-electron chi connectivity index (χ0n) is 16.7. The monoisotopic (exact) mass is 501 g/mol. The van der Waals surface area contributed by atoms with Gasteiger partial charge in [-0.25, -0.2) is 0 Å². The first-order valence-electron chi connectivity index (χ1n) is 9.31. The minimum Gasteiger partial charge on any atom is -0.487 e. The molecule has 0 atom stereocenters. The molecule has 0 aliphatic carbocycles. The third-order valence-electron chi connectivity index (χ3n) is 4.35. The minimum absolute atomic E-state index is 0.0869. The van der Waals surface area contributed by atoms with Crippen molar-refractivity contribution in [1.82, 2.24) is 0 Å². The Labute approximate surface area is 203 Å². The SMILES string of the molecule is N#C/C(=C\c1cc(Cl)cc(Cl)c1OCc1ccccc1Cl)C(=O)Nc1cccc([N+](=O)[O-])c1. The van der Waals surface area contributed by atoms with Crippen molar-refractivity contribution in [2.45, 2.75) is 6.61 Å². The Morgan fingerprint density at radius 2 is 1.85 bits per heavy atom.